The summed E-state index contributed by atoms with van der Waals surface area (Å²) in [4.78, 5) is 4.76. The number of anilines is 1. The molecular formula is C18H21N5. The molecule has 1 aliphatic carbocycles. The molecule has 6 N–H and O–H groups in total. The number of pyridine rings is 1. The molecule has 0 radical (unpaired) electrons. The zero-order valence-electron chi connectivity index (χ0n) is 13.2. The lowest BCUT2D eigenvalue weighted by Crippen LogP contribution is -2.17. The molecule has 1 aliphatic rings. The average Bonchev–Trinajstić information content (AvgIpc) is 2.56. The Labute approximate surface area is 135 Å². The van der Waals surface area contributed by atoms with Crippen molar-refractivity contribution in [3.8, 4) is 0 Å². The maximum atomic E-state index is 7.73. The van der Waals surface area contributed by atoms with Crippen LogP contribution in [0.3, 0.4) is 0 Å². The first-order chi connectivity index (χ1) is 11.1. The lowest BCUT2D eigenvalue weighted by Gasteiger charge is -2.26. The van der Waals surface area contributed by atoms with E-state index < -0.39 is 0 Å². The van der Waals surface area contributed by atoms with Crippen molar-refractivity contribution in [2.45, 2.75) is 26.2 Å². The number of allylic oxidation sites excluding steroid dienone is 1. The molecule has 1 aromatic heterocycles. The van der Waals surface area contributed by atoms with Gasteiger partial charge in [-0.15, -0.1) is 0 Å². The van der Waals surface area contributed by atoms with E-state index in [1.54, 1.807) is 6.07 Å². The van der Waals surface area contributed by atoms with E-state index >= 15 is 0 Å². The highest BCUT2D eigenvalue weighted by molar-refractivity contribution is 6.10. The molecule has 0 aliphatic heterocycles. The van der Waals surface area contributed by atoms with Crippen molar-refractivity contribution in [1.29, 1.82) is 10.8 Å². The van der Waals surface area contributed by atoms with Crippen LogP contribution < -0.4 is 11.5 Å². The first-order valence-corrected chi connectivity index (χ1v) is 7.77. The normalized spacial score (nSPS) is 17.8. The molecule has 1 unspecified atom stereocenters. The number of hydrogen-bond acceptors (Lipinski definition) is 5. The largest absolute Gasteiger partial charge is 0.404 e. The van der Waals surface area contributed by atoms with Crippen molar-refractivity contribution in [2.24, 2.45) is 11.7 Å². The van der Waals surface area contributed by atoms with E-state index in [-0.39, 0.29) is 0 Å². The number of nitrogens with zero attached hydrogens (tertiary/aromatic N) is 1. The fraction of sp³-hybridized carbons (Fsp3) is 0.278. The molecule has 118 valence electrons. The number of hydrogen-bond donors (Lipinski definition) is 4. The number of benzene rings is 1. The summed E-state index contributed by atoms with van der Waals surface area (Å²) < 4.78 is 0. The maximum Gasteiger partial charge on any atom is 0.0774 e. The highest BCUT2D eigenvalue weighted by atomic mass is 14.7. The van der Waals surface area contributed by atoms with E-state index in [1.807, 2.05) is 6.07 Å². The van der Waals surface area contributed by atoms with E-state index in [0.29, 0.717) is 17.2 Å². The Morgan fingerprint density at radius 3 is 2.74 bits per heavy atom. The summed E-state index contributed by atoms with van der Waals surface area (Å²) in [5.41, 5.74) is 17.7. The number of fused-ring (bicyclic) bond motifs is 3. The van der Waals surface area contributed by atoms with Crippen molar-refractivity contribution >= 4 is 34.6 Å². The van der Waals surface area contributed by atoms with E-state index in [2.05, 4.69) is 6.92 Å². The molecule has 0 spiro atoms. The predicted octanol–water partition coefficient (Wildman–Crippen LogP) is 2.89. The Bertz CT molecular complexity index is 835. The van der Waals surface area contributed by atoms with Crippen LogP contribution in [-0.4, -0.2) is 17.4 Å². The second-order valence-electron chi connectivity index (χ2n) is 6.14. The van der Waals surface area contributed by atoms with Crippen LogP contribution in [0, 0.1) is 16.7 Å². The van der Waals surface area contributed by atoms with Crippen molar-refractivity contribution in [3.63, 3.8) is 0 Å². The minimum Gasteiger partial charge on any atom is -0.404 e. The Kier molecular flexibility index (Phi) is 3.86. The highest BCUT2D eigenvalue weighted by Gasteiger charge is 2.24. The molecule has 5 nitrogen and oxygen atoms in total. The zero-order chi connectivity index (χ0) is 16.6. The molecule has 23 heavy (non-hydrogen) atoms. The molecule has 5 heteroatoms. The lowest BCUT2D eigenvalue weighted by molar-refractivity contribution is 0.501. The predicted molar refractivity (Wildman–Crippen MR) is 96.2 cm³/mol. The SMILES string of the molecule is CC1CCc2c(c(/C(C=N)=C/N)nc3ccc(N)c(C=N)c23)C1. The van der Waals surface area contributed by atoms with Crippen LogP contribution in [0.4, 0.5) is 5.69 Å². The first-order valence-electron chi connectivity index (χ1n) is 7.77. The third-order valence-corrected chi connectivity index (χ3v) is 4.63. The number of rotatable bonds is 3. The van der Waals surface area contributed by atoms with Crippen molar-refractivity contribution in [1.82, 2.24) is 4.98 Å². The summed E-state index contributed by atoms with van der Waals surface area (Å²) in [6.45, 7) is 2.23. The zero-order valence-corrected chi connectivity index (χ0v) is 13.2. The van der Waals surface area contributed by atoms with Gasteiger partial charge in [0.05, 0.1) is 11.2 Å². The van der Waals surface area contributed by atoms with Gasteiger partial charge in [-0.05, 0) is 48.4 Å². The molecule has 0 saturated heterocycles. The van der Waals surface area contributed by atoms with Crippen LogP contribution in [0.25, 0.3) is 16.5 Å². The van der Waals surface area contributed by atoms with Crippen LogP contribution in [0.5, 0.6) is 0 Å². The molecule has 1 aromatic carbocycles. The summed E-state index contributed by atoms with van der Waals surface area (Å²) in [6, 6.07) is 3.67. The second kappa shape index (κ2) is 5.83. The van der Waals surface area contributed by atoms with Crippen molar-refractivity contribution in [3.05, 3.63) is 40.7 Å². The van der Waals surface area contributed by atoms with E-state index in [4.69, 9.17) is 27.3 Å². The van der Waals surface area contributed by atoms with Crippen LogP contribution in [0.15, 0.2) is 18.3 Å². The standard InChI is InChI=1S/C18H21N5/c1-10-2-3-12-13(6-10)18(11(7-19)8-20)23-16-5-4-15(22)14(9-21)17(12)16/h4-5,7-10,19,21H,2-3,6,20,22H2,1H3/b11-8+,19-7?,21-9?. The monoisotopic (exact) mass is 307 g/mol. The van der Waals surface area contributed by atoms with Crippen molar-refractivity contribution in [2.75, 3.05) is 5.73 Å². The number of nitrogens with two attached hydrogens (primary N) is 2. The smallest absolute Gasteiger partial charge is 0.0774 e. The van der Waals surface area contributed by atoms with Gasteiger partial charge in [-0.2, -0.15) is 0 Å². The third kappa shape index (κ3) is 2.38. The van der Waals surface area contributed by atoms with Gasteiger partial charge in [0.2, 0.25) is 0 Å². The van der Waals surface area contributed by atoms with Crippen molar-refractivity contribution < 1.29 is 0 Å². The number of aromatic nitrogens is 1. The Morgan fingerprint density at radius 1 is 1.30 bits per heavy atom. The molecule has 0 fully saturated rings. The van der Waals surface area contributed by atoms with E-state index in [1.165, 1.54) is 24.2 Å². The summed E-state index contributed by atoms with van der Waals surface area (Å²) in [5.74, 6) is 0.565. The van der Waals surface area contributed by atoms with Gasteiger partial charge in [-0.25, -0.2) is 4.98 Å². The van der Waals surface area contributed by atoms with Gasteiger partial charge in [0.1, 0.15) is 0 Å². The van der Waals surface area contributed by atoms with Crippen LogP contribution in [0.1, 0.15) is 35.7 Å². The number of nitrogen functional groups attached to an aromatic ring is 1. The maximum absolute atomic E-state index is 7.73. The van der Waals surface area contributed by atoms with Gasteiger partial charge in [-0.1, -0.05) is 6.92 Å². The minimum atomic E-state index is 0.565. The summed E-state index contributed by atoms with van der Waals surface area (Å²) in [7, 11) is 0. The molecule has 2 aromatic rings. The van der Waals surface area contributed by atoms with Crippen LogP contribution in [0.2, 0.25) is 0 Å². The first kappa shape index (κ1) is 15.2. The quantitative estimate of drug-likeness (QED) is 0.516. The van der Waals surface area contributed by atoms with Gasteiger partial charge >= 0.3 is 0 Å². The molecule has 0 bridgehead atoms. The van der Waals surface area contributed by atoms with Gasteiger partial charge in [0.25, 0.3) is 0 Å². The van der Waals surface area contributed by atoms with Gasteiger partial charge in [-0.3, -0.25) is 0 Å². The Hall–Kier alpha value is -2.69. The lowest BCUT2D eigenvalue weighted by atomic mass is 9.80. The second-order valence-corrected chi connectivity index (χ2v) is 6.14. The minimum absolute atomic E-state index is 0.565. The van der Waals surface area contributed by atoms with Crippen LogP contribution >= 0.6 is 0 Å². The average molecular weight is 307 g/mol. The Balaban J connectivity index is 2.44. The molecule has 0 amide bonds. The molecule has 0 saturated carbocycles. The Morgan fingerprint density at radius 2 is 2.09 bits per heavy atom. The third-order valence-electron chi connectivity index (χ3n) is 4.63. The van der Waals surface area contributed by atoms with Crippen LogP contribution in [-0.2, 0) is 12.8 Å². The molecular weight excluding hydrogens is 286 g/mol. The fourth-order valence-corrected chi connectivity index (χ4v) is 3.44. The topological polar surface area (TPSA) is 113 Å². The fourth-order valence-electron chi connectivity index (χ4n) is 3.44. The molecule has 3 rings (SSSR count). The highest BCUT2D eigenvalue weighted by Crippen LogP contribution is 2.37. The van der Waals surface area contributed by atoms with E-state index in [9.17, 15) is 0 Å². The summed E-state index contributed by atoms with van der Waals surface area (Å²) in [6.07, 6.45) is 6.95. The summed E-state index contributed by atoms with van der Waals surface area (Å²) in [5, 5.41) is 16.3. The van der Waals surface area contributed by atoms with Gasteiger partial charge in [0.15, 0.2) is 0 Å². The van der Waals surface area contributed by atoms with E-state index in [0.717, 1.165) is 47.0 Å². The molecule has 1 heterocycles. The number of aryl methyl sites for hydroxylation is 1. The summed E-state index contributed by atoms with van der Waals surface area (Å²) >= 11 is 0. The number of nitrogens with one attached hydrogen (secondary N) is 2. The van der Waals surface area contributed by atoms with Gasteiger partial charge in [0, 0.05) is 40.8 Å². The molecule has 1 atom stereocenters. The van der Waals surface area contributed by atoms with Gasteiger partial charge < -0.3 is 22.3 Å².